The Morgan fingerprint density at radius 2 is 2.16 bits per heavy atom. The number of hydrogen-bond acceptors (Lipinski definition) is 6. The van der Waals surface area contributed by atoms with Crippen molar-refractivity contribution in [1.82, 2.24) is 9.97 Å². The van der Waals surface area contributed by atoms with E-state index < -0.39 is 0 Å². The van der Waals surface area contributed by atoms with Gasteiger partial charge >= 0.3 is 5.97 Å². The smallest absolute Gasteiger partial charge is 0.316 e. The fraction of sp³-hybridized carbons (Fsp3) is 0.611. The van der Waals surface area contributed by atoms with Crippen LogP contribution in [0.5, 0.6) is 0 Å². The Morgan fingerprint density at radius 3 is 2.84 bits per heavy atom. The molecule has 1 N–H and O–H groups in total. The predicted octanol–water partition coefficient (Wildman–Crippen LogP) is 4.32. The molecule has 0 saturated carbocycles. The summed E-state index contributed by atoms with van der Waals surface area (Å²) in [5.41, 5.74) is 0.994. The van der Waals surface area contributed by atoms with Crippen LogP contribution in [-0.2, 0) is 16.0 Å². The van der Waals surface area contributed by atoms with Crippen molar-refractivity contribution in [2.75, 3.05) is 12.4 Å². The number of carbonyl (C=O) groups is 1. The molecule has 2 heterocycles. The first kappa shape index (κ1) is 20.0. The van der Waals surface area contributed by atoms with Gasteiger partial charge in [-0.05, 0) is 31.2 Å². The molecule has 0 bridgehead atoms. The van der Waals surface area contributed by atoms with Crippen LogP contribution in [0.15, 0.2) is 9.95 Å². The number of hydrogen-bond donors (Lipinski definition) is 1. The van der Waals surface area contributed by atoms with Gasteiger partial charge in [-0.25, -0.2) is 4.98 Å². The van der Waals surface area contributed by atoms with E-state index in [4.69, 9.17) is 4.74 Å². The molecule has 0 saturated heterocycles. The first-order valence-electron chi connectivity index (χ1n) is 8.76. The molecular weight excluding hydrogens is 356 g/mol. The number of thiophene rings is 1. The van der Waals surface area contributed by atoms with Crippen molar-refractivity contribution in [3.05, 3.63) is 20.8 Å². The van der Waals surface area contributed by atoms with Crippen LogP contribution in [0, 0.1) is 12.8 Å². The fourth-order valence-electron chi connectivity index (χ4n) is 2.46. The number of rotatable bonds is 9. The molecule has 0 aromatic carbocycles. The van der Waals surface area contributed by atoms with Crippen LogP contribution >= 0.6 is 23.1 Å². The highest BCUT2D eigenvalue weighted by Gasteiger charge is 2.17. The van der Waals surface area contributed by atoms with Gasteiger partial charge in [0, 0.05) is 4.88 Å². The molecule has 0 spiro atoms. The monoisotopic (exact) mass is 382 g/mol. The molecule has 1 atom stereocenters. The number of thioether (sulfide) groups is 1. The van der Waals surface area contributed by atoms with E-state index in [9.17, 15) is 9.59 Å². The molecule has 0 aliphatic heterocycles. The van der Waals surface area contributed by atoms with Crippen molar-refractivity contribution in [1.29, 1.82) is 0 Å². The number of unbranched alkanes of at least 4 members (excludes halogenated alkanes) is 1. The molecule has 1 unspecified atom stereocenters. The molecule has 2 aromatic heterocycles. The largest absolute Gasteiger partial charge is 0.465 e. The van der Waals surface area contributed by atoms with E-state index in [1.54, 1.807) is 11.3 Å². The van der Waals surface area contributed by atoms with Crippen molar-refractivity contribution in [2.45, 2.75) is 58.5 Å². The SMILES string of the molecule is CCCCOC(=O)CSc1nc2sc(C)c(CC(C)CC)c2c(=O)[nH]1. The van der Waals surface area contributed by atoms with Gasteiger partial charge in [0.2, 0.25) is 0 Å². The van der Waals surface area contributed by atoms with Gasteiger partial charge in [-0.2, -0.15) is 0 Å². The highest BCUT2D eigenvalue weighted by Crippen LogP contribution is 2.30. The zero-order chi connectivity index (χ0) is 18.4. The van der Waals surface area contributed by atoms with Crippen LogP contribution in [0.2, 0.25) is 0 Å². The van der Waals surface area contributed by atoms with Crippen LogP contribution in [0.1, 0.15) is 50.5 Å². The van der Waals surface area contributed by atoms with E-state index in [1.807, 2.05) is 13.8 Å². The number of aromatic amines is 1. The average molecular weight is 383 g/mol. The van der Waals surface area contributed by atoms with E-state index in [0.717, 1.165) is 41.0 Å². The molecule has 2 rings (SSSR count). The quantitative estimate of drug-likeness (QED) is 0.303. The normalized spacial score (nSPS) is 12.5. The number of fused-ring (bicyclic) bond motifs is 1. The maximum absolute atomic E-state index is 12.5. The molecule has 0 amide bonds. The third-order valence-electron chi connectivity index (χ3n) is 4.18. The first-order valence-corrected chi connectivity index (χ1v) is 10.6. The van der Waals surface area contributed by atoms with Crippen molar-refractivity contribution < 1.29 is 9.53 Å². The molecule has 5 nitrogen and oxygen atoms in total. The lowest BCUT2D eigenvalue weighted by atomic mass is 9.98. The molecule has 0 aliphatic carbocycles. The second-order valence-corrected chi connectivity index (χ2v) is 8.44. The Balaban J connectivity index is 2.14. The molecule has 0 fully saturated rings. The predicted molar refractivity (Wildman–Crippen MR) is 105 cm³/mol. The number of nitrogens with one attached hydrogen (secondary N) is 1. The average Bonchev–Trinajstić information content (AvgIpc) is 2.89. The van der Waals surface area contributed by atoms with Gasteiger partial charge < -0.3 is 9.72 Å². The Morgan fingerprint density at radius 1 is 1.40 bits per heavy atom. The molecule has 0 radical (unpaired) electrons. The van der Waals surface area contributed by atoms with Crippen LogP contribution in [0.3, 0.4) is 0 Å². The highest BCUT2D eigenvalue weighted by molar-refractivity contribution is 7.99. The molecular formula is C18H26N2O3S2. The second kappa shape index (κ2) is 9.38. The van der Waals surface area contributed by atoms with Gasteiger partial charge in [-0.15, -0.1) is 11.3 Å². The number of aryl methyl sites for hydroxylation is 1. The minimum atomic E-state index is -0.277. The summed E-state index contributed by atoms with van der Waals surface area (Å²) >= 11 is 2.76. The van der Waals surface area contributed by atoms with E-state index in [1.165, 1.54) is 11.8 Å². The summed E-state index contributed by atoms with van der Waals surface area (Å²) in [7, 11) is 0. The molecule has 2 aromatic rings. The third kappa shape index (κ3) is 5.31. The van der Waals surface area contributed by atoms with Crippen LogP contribution in [0.25, 0.3) is 10.2 Å². The van der Waals surface area contributed by atoms with Crippen LogP contribution in [-0.4, -0.2) is 28.3 Å². The van der Waals surface area contributed by atoms with Crippen molar-refractivity contribution in [3.8, 4) is 0 Å². The summed E-state index contributed by atoms with van der Waals surface area (Å²) in [6, 6.07) is 0. The first-order chi connectivity index (χ1) is 12.0. The molecule has 0 aliphatic rings. The zero-order valence-corrected chi connectivity index (χ0v) is 16.9. The number of esters is 1. The van der Waals surface area contributed by atoms with Crippen LogP contribution < -0.4 is 5.56 Å². The van der Waals surface area contributed by atoms with E-state index in [2.05, 4.69) is 23.8 Å². The van der Waals surface area contributed by atoms with Gasteiger partial charge in [0.05, 0.1) is 17.7 Å². The fourth-order valence-corrected chi connectivity index (χ4v) is 4.23. The zero-order valence-electron chi connectivity index (χ0n) is 15.3. The lowest BCUT2D eigenvalue weighted by Crippen LogP contribution is -2.13. The van der Waals surface area contributed by atoms with Gasteiger partial charge in [0.1, 0.15) is 4.83 Å². The van der Waals surface area contributed by atoms with Crippen molar-refractivity contribution in [3.63, 3.8) is 0 Å². The summed E-state index contributed by atoms with van der Waals surface area (Å²) in [6.07, 6.45) is 3.83. The molecule has 7 heteroatoms. The van der Waals surface area contributed by atoms with E-state index in [0.29, 0.717) is 23.1 Å². The maximum Gasteiger partial charge on any atom is 0.316 e. The van der Waals surface area contributed by atoms with E-state index >= 15 is 0 Å². The van der Waals surface area contributed by atoms with E-state index in [-0.39, 0.29) is 17.3 Å². The number of aromatic nitrogens is 2. The topological polar surface area (TPSA) is 72.0 Å². The highest BCUT2D eigenvalue weighted by atomic mass is 32.2. The number of ether oxygens (including phenoxy) is 1. The molecule has 25 heavy (non-hydrogen) atoms. The van der Waals surface area contributed by atoms with Gasteiger partial charge in [0.25, 0.3) is 5.56 Å². The third-order valence-corrected chi connectivity index (χ3v) is 6.07. The summed E-state index contributed by atoms with van der Waals surface area (Å²) in [6.45, 7) is 8.89. The summed E-state index contributed by atoms with van der Waals surface area (Å²) in [4.78, 5) is 33.5. The van der Waals surface area contributed by atoms with Crippen molar-refractivity contribution in [2.24, 2.45) is 5.92 Å². The minimum absolute atomic E-state index is 0.116. The number of H-pyrrole nitrogens is 1. The Labute approximate surface area is 156 Å². The Bertz CT molecular complexity index is 782. The second-order valence-electron chi connectivity index (χ2n) is 6.27. The Hall–Kier alpha value is -1.34. The molecule has 138 valence electrons. The van der Waals surface area contributed by atoms with Crippen molar-refractivity contribution >= 4 is 39.3 Å². The van der Waals surface area contributed by atoms with Gasteiger partial charge in [-0.1, -0.05) is 45.4 Å². The summed E-state index contributed by atoms with van der Waals surface area (Å²) in [5, 5.41) is 1.18. The number of nitrogens with zero attached hydrogens (tertiary/aromatic N) is 1. The lowest BCUT2D eigenvalue weighted by molar-refractivity contribution is -0.140. The maximum atomic E-state index is 12.5. The number of carbonyl (C=O) groups excluding carboxylic acids is 1. The van der Waals surface area contributed by atoms with Gasteiger partial charge in [0.15, 0.2) is 5.16 Å². The summed E-state index contributed by atoms with van der Waals surface area (Å²) < 4.78 is 5.12. The van der Waals surface area contributed by atoms with Crippen LogP contribution in [0.4, 0.5) is 0 Å². The Kier molecular flexibility index (Phi) is 7.50. The standard InChI is InChI=1S/C18H26N2O3S2/c1-5-7-8-23-14(21)10-24-18-19-16(22)15-13(9-11(3)6-2)12(4)25-17(15)20-18/h11H,5-10H2,1-4H3,(H,19,20,22). The minimum Gasteiger partial charge on any atom is -0.465 e. The van der Waals surface area contributed by atoms with Gasteiger partial charge in [-0.3, -0.25) is 9.59 Å². The summed E-state index contributed by atoms with van der Waals surface area (Å²) in [5.74, 6) is 0.409. The lowest BCUT2D eigenvalue weighted by Gasteiger charge is -2.08.